The van der Waals surface area contributed by atoms with E-state index in [0.717, 1.165) is 10.8 Å². The van der Waals surface area contributed by atoms with Gasteiger partial charge >= 0.3 is 0 Å². The zero-order valence-electron chi connectivity index (χ0n) is 20.0. The number of aliphatic hydroxyl groups is 3. The second-order valence-electron chi connectivity index (χ2n) is 7.95. The molecule has 1 saturated heterocycles. The van der Waals surface area contributed by atoms with Crippen molar-refractivity contribution in [3.63, 3.8) is 0 Å². The molecule has 0 radical (unpaired) electrons. The molecule has 1 aromatic rings. The monoisotopic (exact) mass is 536 g/mol. The minimum atomic E-state index is -1.48. The van der Waals surface area contributed by atoms with Gasteiger partial charge in [0.2, 0.25) is 5.91 Å². The molecule has 35 heavy (non-hydrogen) atoms. The number of aliphatic hydroxyl groups excluding tert-OH is 3. The lowest BCUT2D eigenvalue weighted by atomic mass is 9.87. The number of hydrogen-bond acceptors (Lipinski definition) is 12. The number of pyridine rings is 1. The fourth-order valence-corrected chi connectivity index (χ4v) is 4.92. The second kappa shape index (κ2) is 16.7. The summed E-state index contributed by atoms with van der Waals surface area (Å²) in [6.45, 7) is 5.67. The van der Waals surface area contributed by atoms with Crippen LogP contribution in [0.25, 0.3) is 0 Å². The van der Waals surface area contributed by atoms with Crippen molar-refractivity contribution in [2.24, 2.45) is 0 Å². The molecule has 0 aromatic carbocycles. The van der Waals surface area contributed by atoms with E-state index in [-0.39, 0.29) is 13.2 Å². The summed E-state index contributed by atoms with van der Waals surface area (Å²) in [5, 5.41) is 34.0. The summed E-state index contributed by atoms with van der Waals surface area (Å²) in [5.41, 5.74) is -1.34. The summed E-state index contributed by atoms with van der Waals surface area (Å²) in [6.07, 6.45) is -2.47. The van der Waals surface area contributed by atoms with Crippen LogP contribution < -0.4 is 5.32 Å². The van der Waals surface area contributed by atoms with E-state index in [2.05, 4.69) is 10.3 Å². The SMILES string of the molecule is CC(=O)N[C@@H]1[C@@H](O)[C@@H](O)[C@@](C)(COCCOCCOCCOCCSSc2ccccn2)O[C@@H]1O. The zero-order valence-corrected chi connectivity index (χ0v) is 21.7. The van der Waals surface area contributed by atoms with Crippen LogP contribution in [0.15, 0.2) is 29.4 Å². The minimum Gasteiger partial charge on any atom is -0.388 e. The summed E-state index contributed by atoms with van der Waals surface area (Å²) >= 11 is 0. The third-order valence-electron chi connectivity index (χ3n) is 4.98. The van der Waals surface area contributed by atoms with Crippen molar-refractivity contribution in [1.29, 1.82) is 0 Å². The van der Waals surface area contributed by atoms with Gasteiger partial charge in [-0.15, -0.1) is 0 Å². The second-order valence-corrected chi connectivity index (χ2v) is 10.4. The number of nitrogens with one attached hydrogen (secondary N) is 1. The van der Waals surface area contributed by atoms with Crippen LogP contribution in [-0.2, 0) is 28.5 Å². The van der Waals surface area contributed by atoms with E-state index < -0.39 is 36.0 Å². The minimum absolute atomic E-state index is 0.0784. The molecule has 1 aromatic heterocycles. The standard InChI is InChI=1S/C22H36N2O9S2/c1-16(25)24-18-19(26)20(27)22(2,33-21(18)28)15-32-12-11-30-8-7-29-9-10-31-13-14-34-35-17-5-3-4-6-23-17/h3-6,18-21,26-28H,7-15H2,1-2H3,(H,24,25)/t18-,19-,20-,21+,22-/m1/s1. The molecule has 11 nitrogen and oxygen atoms in total. The van der Waals surface area contributed by atoms with Crippen LogP contribution in [0.1, 0.15) is 13.8 Å². The molecular formula is C22H36N2O9S2. The number of carbonyl (C=O) groups is 1. The Hall–Kier alpha value is -1.00. The molecule has 1 aliphatic rings. The van der Waals surface area contributed by atoms with Gasteiger partial charge in [0, 0.05) is 18.9 Å². The van der Waals surface area contributed by atoms with E-state index in [4.69, 9.17) is 23.7 Å². The molecule has 0 aliphatic carbocycles. The molecule has 200 valence electrons. The Kier molecular flexibility index (Phi) is 14.4. The van der Waals surface area contributed by atoms with Crippen LogP contribution >= 0.6 is 21.6 Å². The molecule has 0 spiro atoms. The molecule has 13 heteroatoms. The highest BCUT2D eigenvalue weighted by Gasteiger charge is 2.51. The first-order chi connectivity index (χ1) is 16.8. The van der Waals surface area contributed by atoms with Crippen LogP contribution in [-0.4, -0.2) is 115 Å². The van der Waals surface area contributed by atoms with Crippen molar-refractivity contribution in [1.82, 2.24) is 10.3 Å². The van der Waals surface area contributed by atoms with E-state index in [1.807, 2.05) is 18.2 Å². The number of ether oxygens (including phenoxy) is 5. The van der Waals surface area contributed by atoms with Crippen LogP contribution in [0.3, 0.4) is 0 Å². The van der Waals surface area contributed by atoms with Crippen molar-refractivity contribution in [2.45, 2.75) is 49.0 Å². The van der Waals surface area contributed by atoms with Gasteiger partial charge in [0.1, 0.15) is 28.9 Å². The molecule has 1 fully saturated rings. The van der Waals surface area contributed by atoms with Gasteiger partial charge in [-0.3, -0.25) is 4.79 Å². The maximum atomic E-state index is 11.2. The van der Waals surface area contributed by atoms with Crippen molar-refractivity contribution < 1.29 is 43.8 Å². The number of amides is 1. The highest BCUT2D eigenvalue weighted by molar-refractivity contribution is 8.76. The Bertz CT molecular complexity index is 721. The van der Waals surface area contributed by atoms with Gasteiger partial charge in [-0.05, 0) is 29.9 Å². The number of hydrogen-bond donors (Lipinski definition) is 4. The first kappa shape index (κ1) is 30.2. The first-order valence-corrected chi connectivity index (χ1v) is 13.7. The van der Waals surface area contributed by atoms with Gasteiger partial charge in [0.15, 0.2) is 6.29 Å². The molecule has 4 N–H and O–H groups in total. The quantitative estimate of drug-likeness (QED) is 0.159. The highest BCUT2D eigenvalue weighted by atomic mass is 33.1. The van der Waals surface area contributed by atoms with E-state index in [0.29, 0.717) is 39.6 Å². The van der Waals surface area contributed by atoms with Gasteiger partial charge in [-0.2, -0.15) is 0 Å². The lowest BCUT2D eigenvalue weighted by Crippen LogP contribution is -2.68. The normalized spacial score (nSPS) is 26.5. The molecule has 2 heterocycles. The average Bonchev–Trinajstić information content (AvgIpc) is 2.83. The van der Waals surface area contributed by atoms with Gasteiger partial charge < -0.3 is 44.3 Å². The Labute approximate surface area is 213 Å². The zero-order chi connectivity index (χ0) is 25.5. The third-order valence-corrected chi connectivity index (χ3v) is 7.21. The van der Waals surface area contributed by atoms with Crippen molar-refractivity contribution >= 4 is 27.5 Å². The van der Waals surface area contributed by atoms with E-state index >= 15 is 0 Å². The molecule has 0 unspecified atom stereocenters. The van der Waals surface area contributed by atoms with Crippen LogP contribution in [0.5, 0.6) is 0 Å². The molecular weight excluding hydrogens is 500 g/mol. The Balaban J connectivity index is 1.41. The molecule has 0 bridgehead atoms. The highest BCUT2D eigenvalue weighted by Crippen LogP contribution is 2.30. The topological polar surface area (TPSA) is 149 Å². The lowest BCUT2D eigenvalue weighted by Gasteiger charge is -2.46. The molecule has 2 rings (SSSR count). The predicted octanol–water partition coefficient (Wildman–Crippen LogP) is 0.222. The van der Waals surface area contributed by atoms with Gasteiger partial charge in [-0.1, -0.05) is 16.9 Å². The molecule has 1 aliphatic heterocycles. The van der Waals surface area contributed by atoms with Crippen LogP contribution in [0.2, 0.25) is 0 Å². The maximum Gasteiger partial charge on any atom is 0.217 e. The number of aromatic nitrogens is 1. The molecule has 0 saturated carbocycles. The van der Waals surface area contributed by atoms with Gasteiger partial charge in [0.25, 0.3) is 0 Å². The average molecular weight is 537 g/mol. The summed E-state index contributed by atoms with van der Waals surface area (Å²) in [5.74, 6) is 0.405. The van der Waals surface area contributed by atoms with Gasteiger partial charge in [-0.25, -0.2) is 4.98 Å². The van der Waals surface area contributed by atoms with Crippen molar-refractivity contribution in [2.75, 3.05) is 58.6 Å². The number of nitrogens with zero attached hydrogens (tertiary/aromatic N) is 1. The van der Waals surface area contributed by atoms with Crippen molar-refractivity contribution in [3.8, 4) is 0 Å². The predicted molar refractivity (Wildman–Crippen MR) is 131 cm³/mol. The smallest absolute Gasteiger partial charge is 0.217 e. The molecule has 5 atom stereocenters. The molecule has 1 amide bonds. The number of carbonyl (C=O) groups excluding carboxylic acids is 1. The Morgan fingerprint density at radius 2 is 1.69 bits per heavy atom. The fourth-order valence-electron chi connectivity index (χ4n) is 3.18. The van der Waals surface area contributed by atoms with Gasteiger partial charge in [0.05, 0.1) is 52.9 Å². The summed E-state index contributed by atoms with van der Waals surface area (Å²) in [6, 6.07) is 4.70. The summed E-state index contributed by atoms with van der Waals surface area (Å²) in [7, 11) is 3.32. The van der Waals surface area contributed by atoms with Crippen molar-refractivity contribution in [3.05, 3.63) is 24.4 Å². The first-order valence-electron chi connectivity index (χ1n) is 11.3. The van der Waals surface area contributed by atoms with Crippen LogP contribution in [0, 0.1) is 0 Å². The maximum absolute atomic E-state index is 11.2. The summed E-state index contributed by atoms with van der Waals surface area (Å²) < 4.78 is 27.3. The fraction of sp³-hybridized carbons (Fsp3) is 0.727. The number of rotatable bonds is 17. The third kappa shape index (κ3) is 11.3. The van der Waals surface area contributed by atoms with E-state index in [9.17, 15) is 20.1 Å². The van der Waals surface area contributed by atoms with Crippen LogP contribution in [0.4, 0.5) is 0 Å². The van der Waals surface area contributed by atoms with E-state index in [1.54, 1.807) is 27.8 Å². The Morgan fingerprint density at radius 3 is 2.29 bits per heavy atom. The largest absolute Gasteiger partial charge is 0.388 e. The van der Waals surface area contributed by atoms with E-state index in [1.165, 1.54) is 13.8 Å². The summed E-state index contributed by atoms with van der Waals surface area (Å²) in [4.78, 5) is 15.4. The lowest BCUT2D eigenvalue weighted by molar-refractivity contribution is -0.297. The Morgan fingerprint density at radius 1 is 1.06 bits per heavy atom.